The number of hydrogen-bond donors (Lipinski definition) is 3. The first-order valence-corrected chi connectivity index (χ1v) is 13.0. The van der Waals surface area contributed by atoms with Crippen molar-refractivity contribution in [3.8, 4) is 5.75 Å². The summed E-state index contributed by atoms with van der Waals surface area (Å²) in [6, 6.07) is 20.8. The van der Waals surface area contributed by atoms with Gasteiger partial charge in [0.05, 0.1) is 17.3 Å². The van der Waals surface area contributed by atoms with Crippen molar-refractivity contribution in [2.45, 2.75) is 38.8 Å². The number of rotatable bonds is 8. The maximum Gasteiger partial charge on any atom is 0.387 e. The molecule has 7 nitrogen and oxygen atoms in total. The number of nitrogen functional groups attached to an aromatic ring is 1. The first kappa shape index (κ1) is 28.8. The van der Waals surface area contributed by atoms with E-state index in [1.807, 2.05) is 24.3 Å². The molecule has 9 heteroatoms. The van der Waals surface area contributed by atoms with Crippen molar-refractivity contribution in [3.63, 3.8) is 0 Å². The molecule has 2 atom stereocenters. The van der Waals surface area contributed by atoms with Crippen molar-refractivity contribution in [3.05, 3.63) is 90.0 Å². The Bertz CT molecular complexity index is 1350. The van der Waals surface area contributed by atoms with Crippen LogP contribution in [0.1, 0.15) is 37.8 Å². The minimum absolute atomic E-state index is 0.0291. The summed E-state index contributed by atoms with van der Waals surface area (Å²) >= 11 is 0. The molecule has 0 aliphatic carbocycles. The van der Waals surface area contributed by atoms with Gasteiger partial charge in [0.1, 0.15) is 5.75 Å². The van der Waals surface area contributed by atoms with E-state index in [-0.39, 0.29) is 34.9 Å². The third kappa shape index (κ3) is 7.45. The highest BCUT2D eigenvalue weighted by Gasteiger charge is 2.42. The van der Waals surface area contributed by atoms with E-state index in [4.69, 9.17) is 5.73 Å². The first-order valence-electron chi connectivity index (χ1n) is 13.0. The number of benzene rings is 3. The van der Waals surface area contributed by atoms with Crippen LogP contribution in [0.2, 0.25) is 0 Å². The Hall–Kier alpha value is -4.24. The number of hydrogen-bond acceptors (Lipinski definition) is 5. The molecule has 2 amide bonds. The molecule has 4 N–H and O–H groups in total. The van der Waals surface area contributed by atoms with E-state index in [9.17, 15) is 18.4 Å². The first-order chi connectivity index (χ1) is 19.0. The molecule has 40 heavy (non-hydrogen) atoms. The predicted molar refractivity (Wildman–Crippen MR) is 154 cm³/mol. The summed E-state index contributed by atoms with van der Waals surface area (Å²) < 4.78 is 29.3. The number of anilines is 3. The maximum atomic E-state index is 13.4. The second-order valence-electron chi connectivity index (χ2n) is 10.8. The minimum atomic E-state index is -2.91. The number of nitrogens with zero attached hydrogens (tertiary/aromatic N) is 1. The van der Waals surface area contributed by atoms with Gasteiger partial charge in [0, 0.05) is 36.3 Å². The molecular formula is C31H34F2N4O3. The zero-order chi connectivity index (χ0) is 28.9. The Morgan fingerprint density at radius 1 is 0.975 bits per heavy atom. The lowest BCUT2D eigenvalue weighted by Gasteiger charge is -2.31. The molecule has 0 saturated carbocycles. The van der Waals surface area contributed by atoms with Gasteiger partial charge in [-0.05, 0) is 74.4 Å². The second kappa shape index (κ2) is 12.3. The van der Waals surface area contributed by atoms with E-state index in [0.717, 1.165) is 11.1 Å². The SMILES string of the molecule is CC(C)(C)N1CC(C(=O)Nc2ccc(OC(F)F)cc2)C(c2ccc(C=CC(=O)Nc3ccccc3N)cc2)C1. The van der Waals surface area contributed by atoms with Gasteiger partial charge < -0.3 is 21.1 Å². The fourth-order valence-electron chi connectivity index (χ4n) is 4.72. The maximum absolute atomic E-state index is 13.4. The highest BCUT2D eigenvalue weighted by molar-refractivity contribution is 6.03. The summed E-state index contributed by atoms with van der Waals surface area (Å²) in [6.07, 6.45) is 3.17. The molecule has 1 fully saturated rings. The fraction of sp³-hybridized carbons (Fsp3) is 0.290. The van der Waals surface area contributed by atoms with Crippen molar-refractivity contribution < 1.29 is 23.1 Å². The molecule has 3 aromatic rings. The van der Waals surface area contributed by atoms with Gasteiger partial charge in [0.25, 0.3) is 0 Å². The second-order valence-corrected chi connectivity index (χ2v) is 10.8. The molecule has 4 rings (SSSR count). The Morgan fingerprint density at radius 3 is 2.27 bits per heavy atom. The highest BCUT2D eigenvalue weighted by atomic mass is 19.3. The molecule has 3 aromatic carbocycles. The van der Waals surface area contributed by atoms with Crippen molar-refractivity contribution in [2.24, 2.45) is 5.92 Å². The summed E-state index contributed by atoms with van der Waals surface area (Å²) in [6.45, 7) is 4.74. The van der Waals surface area contributed by atoms with Gasteiger partial charge in [-0.15, -0.1) is 0 Å². The van der Waals surface area contributed by atoms with Crippen molar-refractivity contribution in [1.82, 2.24) is 4.90 Å². The lowest BCUT2D eigenvalue weighted by atomic mass is 9.88. The number of nitrogens with one attached hydrogen (secondary N) is 2. The Balaban J connectivity index is 1.45. The number of halogens is 2. The number of amides is 2. The summed E-state index contributed by atoms with van der Waals surface area (Å²) in [5.41, 5.74) is 9.18. The third-order valence-electron chi connectivity index (χ3n) is 6.96. The molecule has 2 unspecified atom stereocenters. The Morgan fingerprint density at radius 2 is 1.65 bits per heavy atom. The van der Waals surface area contributed by atoms with Crippen LogP contribution in [0.4, 0.5) is 25.8 Å². The van der Waals surface area contributed by atoms with Gasteiger partial charge in [-0.25, -0.2) is 0 Å². The Labute approximate surface area is 233 Å². The van der Waals surface area contributed by atoms with Crippen LogP contribution in [0.3, 0.4) is 0 Å². The normalized spacial score (nSPS) is 17.8. The van der Waals surface area contributed by atoms with Crippen LogP contribution in [0.5, 0.6) is 5.75 Å². The lowest BCUT2D eigenvalue weighted by molar-refractivity contribution is -0.120. The molecule has 1 aliphatic rings. The number of nitrogens with two attached hydrogens (primary N) is 1. The van der Waals surface area contributed by atoms with Crippen LogP contribution in [-0.4, -0.2) is 42.0 Å². The van der Waals surface area contributed by atoms with Crippen LogP contribution >= 0.6 is 0 Å². The van der Waals surface area contributed by atoms with E-state index < -0.39 is 6.61 Å². The predicted octanol–water partition coefficient (Wildman–Crippen LogP) is 5.97. The molecule has 0 aromatic heterocycles. The van der Waals surface area contributed by atoms with Crippen LogP contribution < -0.4 is 21.1 Å². The van der Waals surface area contributed by atoms with Crippen molar-refractivity contribution in [2.75, 3.05) is 29.5 Å². The van der Waals surface area contributed by atoms with E-state index in [1.54, 1.807) is 42.5 Å². The average molecular weight is 549 g/mol. The largest absolute Gasteiger partial charge is 0.435 e. The summed E-state index contributed by atoms with van der Waals surface area (Å²) in [5, 5.41) is 5.69. The smallest absolute Gasteiger partial charge is 0.387 e. The number of para-hydroxylation sites is 2. The van der Waals surface area contributed by atoms with Crippen molar-refractivity contribution >= 4 is 35.0 Å². The Kier molecular flexibility index (Phi) is 8.84. The van der Waals surface area contributed by atoms with Crippen LogP contribution in [0, 0.1) is 5.92 Å². The van der Waals surface area contributed by atoms with E-state index >= 15 is 0 Å². The van der Waals surface area contributed by atoms with E-state index in [0.29, 0.717) is 30.2 Å². The topological polar surface area (TPSA) is 96.7 Å². The molecule has 210 valence electrons. The van der Waals surface area contributed by atoms with Gasteiger partial charge in [0.15, 0.2) is 0 Å². The van der Waals surface area contributed by atoms with Crippen LogP contribution in [0.15, 0.2) is 78.9 Å². The molecule has 1 aliphatic heterocycles. The van der Waals surface area contributed by atoms with Gasteiger partial charge in [-0.1, -0.05) is 36.4 Å². The van der Waals surface area contributed by atoms with Gasteiger partial charge in [-0.2, -0.15) is 8.78 Å². The molecule has 1 saturated heterocycles. The zero-order valence-corrected chi connectivity index (χ0v) is 22.7. The molecule has 1 heterocycles. The number of carbonyl (C=O) groups excluding carboxylic acids is 2. The average Bonchev–Trinajstić information content (AvgIpc) is 3.37. The molecule has 0 bridgehead atoms. The number of carbonyl (C=O) groups is 2. The van der Waals surface area contributed by atoms with E-state index in [1.165, 1.54) is 18.2 Å². The molecule has 0 spiro atoms. The molecule has 0 radical (unpaired) electrons. The minimum Gasteiger partial charge on any atom is -0.435 e. The van der Waals surface area contributed by atoms with Crippen LogP contribution in [0.25, 0.3) is 6.08 Å². The number of alkyl halides is 2. The number of likely N-dealkylation sites (tertiary alicyclic amines) is 1. The van der Waals surface area contributed by atoms with Crippen molar-refractivity contribution in [1.29, 1.82) is 0 Å². The monoisotopic (exact) mass is 548 g/mol. The lowest BCUT2D eigenvalue weighted by Crippen LogP contribution is -2.40. The molecular weight excluding hydrogens is 514 g/mol. The van der Waals surface area contributed by atoms with Gasteiger partial charge in [-0.3, -0.25) is 14.5 Å². The zero-order valence-electron chi connectivity index (χ0n) is 22.7. The summed E-state index contributed by atoms with van der Waals surface area (Å²) in [5.74, 6) is -0.770. The van der Waals surface area contributed by atoms with E-state index in [2.05, 4.69) is 41.0 Å². The summed E-state index contributed by atoms with van der Waals surface area (Å²) in [7, 11) is 0. The highest BCUT2D eigenvalue weighted by Crippen LogP contribution is 2.37. The standard InChI is InChI=1S/C31H34F2N4O3/c1-31(2,3)37-18-24(25(19-37)29(39)35-22-13-15-23(16-14-22)40-30(32)33)21-11-8-20(9-12-21)10-17-28(38)36-27-7-5-4-6-26(27)34/h4-17,24-25,30H,18-19,34H2,1-3H3,(H,35,39)(H,36,38). The fourth-order valence-corrected chi connectivity index (χ4v) is 4.72. The number of ether oxygens (including phenoxy) is 1. The van der Waals surface area contributed by atoms with Crippen LogP contribution in [-0.2, 0) is 9.59 Å². The third-order valence-corrected chi connectivity index (χ3v) is 6.96. The quantitative estimate of drug-likeness (QED) is 0.238. The van der Waals surface area contributed by atoms with Gasteiger partial charge in [0.2, 0.25) is 11.8 Å². The summed E-state index contributed by atoms with van der Waals surface area (Å²) in [4.78, 5) is 28.0. The van der Waals surface area contributed by atoms with Gasteiger partial charge >= 0.3 is 6.61 Å².